The van der Waals surface area contributed by atoms with Gasteiger partial charge in [0.05, 0.1) is 11.4 Å². The maximum absolute atomic E-state index is 13.2. The van der Waals surface area contributed by atoms with Gasteiger partial charge in [0.25, 0.3) is 5.91 Å². The molecule has 1 fully saturated rings. The summed E-state index contributed by atoms with van der Waals surface area (Å²) in [5, 5.41) is 2.82. The Balaban J connectivity index is 1.59. The molecule has 1 spiro atoms. The molecule has 0 saturated carbocycles. The van der Waals surface area contributed by atoms with E-state index in [1.165, 1.54) is 24.3 Å². The third-order valence-electron chi connectivity index (χ3n) is 5.56. The lowest BCUT2D eigenvalue weighted by Gasteiger charge is -2.33. The molecule has 7 nitrogen and oxygen atoms in total. The van der Waals surface area contributed by atoms with Gasteiger partial charge in [-0.2, -0.15) is 0 Å². The SMILES string of the molecule is CS(=O)(=O)c1ccc(C(=O)CN2C(=O)N[C@]3(CCCc4ccccc43)C2=O)cc1. The van der Waals surface area contributed by atoms with E-state index in [0.717, 1.165) is 35.1 Å². The summed E-state index contributed by atoms with van der Waals surface area (Å²) in [5.74, 6) is -0.856. The number of benzene rings is 2. The van der Waals surface area contributed by atoms with E-state index in [1.807, 2.05) is 24.3 Å². The highest BCUT2D eigenvalue weighted by Gasteiger charge is 2.54. The Morgan fingerprint density at radius 1 is 1.10 bits per heavy atom. The molecule has 0 radical (unpaired) electrons. The van der Waals surface area contributed by atoms with Gasteiger partial charge in [0.1, 0.15) is 5.54 Å². The Bertz CT molecular complexity index is 1120. The summed E-state index contributed by atoms with van der Waals surface area (Å²) in [6.45, 7) is -0.396. The molecule has 1 N–H and O–H groups in total. The second-order valence-electron chi connectivity index (χ2n) is 7.46. The quantitative estimate of drug-likeness (QED) is 0.612. The number of Topliss-reactive ketones (excluding diaryl/α,β-unsaturated/α-hetero) is 1. The van der Waals surface area contributed by atoms with E-state index in [1.54, 1.807) is 0 Å². The Morgan fingerprint density at radius 2 is 1.79 bits per heavy atom. The van der Waals surface area contributed by atoms with Crippen molar-refractivity contribution in [2.24, 2.45) is 0 Å². The number of hydrogen-bond acceptors (Lipinski definition) is 5. The standard InChI is InChI=1S/C21H20N2O5S/c1-29(27,28)16-10-8-15(9-11-16)18(24)13-23-19(25)21(22-20(23)26)12-4-6-14-5-2-3-7-17(14)21/h2-3,5,7-11H,4,6,12-13H2,1H3,(H,22,26)/t21-/m0/s1. The zero-order chi connectivity index (χ0) is 20.8. The number of carbonyl (C=O) groups is 3. The predicted molar refractivity (Wildman–Crippen MR) is 105 cm³/mol. The van der Waals surface area contributed by atoms with Gasteiger partial charge in [-0.25, -0.2) is 13.2 Å². The van der Waals surface area contributed by atoms with Crippen LogP contribution in [0.2, 0.25) is 0 Å². The van der Waals surface area contributed by atoms with Gasteiger partial charge in [0.15, 0.2) is 15.6 Å². The summed E-state index contributed by atoms with van der Waals surface area (Å²) >= 11 is 0. The van der Waals surface area contributed by atoms with Gasteiger partial charge in [-0.05, 0) is 42.5 Å². The number of nitrogens with zero attached hydrogens (tertiary/aromatic N) is 1. The highest BCUT2D eigenvalue weighted by atomic mass is 32.2. The molecule has 1 saturated heterocycles. The van der Waals surface area contributed by atoms with Gasteiger partial charge in [0.2, 0.25) is 0 Å². The first-order valence-corrected chi connectivity index (χ1v) is 11.2. The number of ketones is 1. The number of carbonyl (C=O) groups excluding carboxylic acids is 3. The van der Waals surface area contributed by atoms with Gasteiger partial charge in [-0.3, -0.25) is 14.5 Å². The summed E-state index contributed by atoms with van der Waals surface area (Å²) in [7, 11) is -3.37. The highest BCUT2D eigenvalue weighted by molar-refractivity contribution is 7.90. The van der Waals surface area contributed by atoms with Crippen molar-refractivity contribution in [3.05, 3.63) is 65.2 Å². The summed E-state index contributed by atoms with van der Waals surface area (Å²) in [6, 6.07) is 12.4. The highest BCUT2D eigenvalue weighted by Crippen LogP contribution is 2.39. The average Bonchev–Trinajstić information content (AvgIpc) is 2.92. The Morgan fingerprint density at radius 3 is 2.48 bits per heavy atom. The lowest BCUT2D eigenvalue weighted by atomic mass is 9.76. The lowest BCUT2D eigenvalue weighted by Crippen LogP contribution is -2.46. The van der Waals surface area contributed by atoms with Crippen LogP contribution in [-0.4, -0.2) is 43.8 Å². The molecule has 0 unspecified atom stereocenters. The van der Waals surface area contributed by atoms with Crippen molar-refractivity contribution in [1.29, 1.82) is 0 Å². The molecule has 1 heterocycles. The Labute approximate surface area is 168 Å². The van der Waals surface area contributed by atoms with Crippen LogP contribution in [0, 0.1) is 0 Å². The van der Waals surface area contributed by atoms with Gasteiger partial charge in [0, 0.05) is 11.8 Å². The second kappa shape index (κ2) is 6.81. The Hall–Kier alpha value is -3.00. The number of fused-ring (bicyclic) bond motifs is 2. The van der Waals surface area contributed by atoms with E-state index in [9.17, 15) is 22.8 Å². The molecule has 3 amide bonds. The molecule has 2 aromatic rings. The van der Waals surface area contributed by atoms with Crippen molar-refractivity contribution in [3.8, 4) is 0 Å². The molecule has 4 rings (SSSR count). The summed E-state index contributed by atoms with van der Waals surface area (Å²) in [4.78, 5) is 39.5. The van der Waals surface area contributed by atoms with Crippen molar-refractivity contribution in [1.82, 2.24) is 10.2 Å². The zero-order valence-corrected chi connectivity index (χ0v) is 16.7. The molecule has 0 aromatic heterocycles. The van der Waals surface area contributed by atoms with Crippen molar-refractivity contribution in [2.75, 3.05) is 12.8 Å². The second-order valence-corrected chi connectivity index (χ2v) is 9.47. The molecule has 2 aromatic carbocycles. The number of hydrogen-bond donors (Lipinski definition) is 1. The summed E-state index contributed by atoms with van der Waals surface area (Å²) in [5.41, 5.74) is 0.934. The van der Waals surface area contributed by atoms with Gasteiger partial charge in [-0.15, -0.1) is 0 Å². The maximum atomic E-state index is 13.2. The van der Waals surface area contributed by atoms with Crippen molar-refractivity contribution in [2.45, 2.75) is 29.7 Å². The van der Waals surface area contributed by atoms with Gasteiger partial charge in [-0.1, -0.05) is 36.4 Å². The van der Waals surface area contributed by atoms with E-state index in [-0.39, 0.29) is 10.5 Å². The number of aryl methyl sites for hydroxylation is 1. The molecular weight excluding hydrogens is 392 g/mol. The molecule has 1 aliphatic heterocycles. The fourth-order valence-electron chi connectivity index (χ4n) is 4.08. The first-order chi connectivity index (χ1) is 13.7. The van der Waals surface area contributed by atoms with Crippen LogP contribution in [0.15, 0.2) is 53.4 Å². The smallest absolute Gasteiger partial charge is 0.319 e. The minimum absolute atomic E-state index is 0.0989. The first kappa shape index (κ1) is 19.3. The van der Waals surface area contributed by atoms with E-state index >= 15 is 0 Å². The van der Waals surface area contributed by atoms with Crippen LogP contribution < -0.4 is 5.32 Å². The van der Waals surface area contributed by atoms with Gasteiger partial charge < -0.3 is 5.32 Å². The van der Waals surface area contributed by atoms with Crippen LogP contribution in [0.5, 0.6) is 0 Å². The van der Waals surface area contributed by atoms with Crippen LogP contribution in [-0.2, 0) is 26.6 Å². The van der Waals surface area contributed by atoms with Crippen LogP contribution in [0.1, 0.15) is 34.3 Å². The summed E-state index contributed by atoms with van der Waals surface area (Å²) < 4.78 is 23.1. The average molecular weight is 412 g/mol. The third kappa shape index (κ3) is 3.23. The molecule has 2 aliphatic rings. The zero-order valence-electron chi connectivity index (χ0n) is 15.8. The number of imide groups is 1. The number of urea groups is 1. The van der Waals surface area contributed by atoms with Crippen LogP contribution in [0.4, 0.5) is 4.79 Å². The molecule has 8 heteroatoms. The normalized spacial score (nSPS) is 21.2. The maximum Gasteiger partial charge on any atom is 0.325 e. The molecule has 150 valence electrons. The van der Waals surface area contributed by atoms with E-state index in [0.29, 0.717) is 6.42 Å². The number of amides is 3. The minimum Gasteiger partial charge on any atom is -0.319 e. The molecule has 0 bridgehead atoms. The molecular formula is C21H20N2O5S. The van der Waals surface area contributed by atoms with Crippen LogP contribution in [0.25, 0.3) is 0 Å². The number of sulfone groups is 1. The van der Waals surface area contributed by atoms with E-state index < -0.39 is 39.6 Å². The lowest BCUT2D eigenvalue weighted by molar-refractivity contribution is -0.131. The van der Waals surface area contributed by atoms with Crippen LogP contribution >= 0.6 is 0 Å². The molecule has 1 atom stereocenters. The Kier molecular flexibility index (Phi) is 4.53. The number of rotatable bonds is 4. The fourth-order valence-corrected chi connectivity index (χ4v) is 4.71. The van der Waals surface area contributed by atoms with Crippen molar-refractivity contribution in [3.63, 3.8) is 0 Å². The van der Waals surface area contributed by atoms with Crippen molar-refractivity contribution >= 4 is 27.6 Å². The fraction of sp³-hybridized carbons (Fsp3) is 0.286. The monoisotopic (exact) mass is 412 g/mol. The minimum atomic E-state index is -3.37. The van der Waals surface area contributed by atoms with E-state index in [4.69, 9.17) is 0 Å². The first-order valence-electron chi connectivity index (χ1n) is 9.28. The molecule has 29 heavy (non-hydrogen) atoms. The largest absolute Gasteiger partial charge is 0.325 e. The third-order valence-corrected chi connectivity index (χ3v) is 6.69. The van der Waals surface area contributed by atoms with E-state index in [2.05, 4.69) is 5.32 Å². The number of nitrogens with one attached hydrogen (secondary N) is 1. The van der Waals surface area contributed by atoms with Crippen molar-refractivity contribution < 1.29 is 22.8 Å². The van der Waals surface area contributed by atoms with Gasteiger partial charge >= 0.3 is 6.03 Å². The molecule has 1 aliphatic carbocycles. The topological polar surface area (TPSA) is 101 Å². The van der Waals surface area contributed by atoms with Crippen LogP contribution in [0.3, 0.4) is 0 Å². The predicted octanol–water partition coefficient (Wildman–Crippen LogP) is 2.06. The summed E-state index contributed by atoms with van der Waals surface area (Å²) in [6.07, 6.45) is 3.17.